The Morgan fingerprint density at radius 2 is 1.70 bits per heavy atom. The minimum Gasteiger partial charge on any atom is -0.207 e. The van der Waals surface area contributed by atoms with Crippen LogP contribution in [-0.2, 0) is 6.42 Å². The summed E-state index contributed by atoms with van der Waals surface area (Å²) in [5, 5.41) is 0.126. The first-order valence-corrected chi connectivity index (χ1v) is 7.35. The predicted octanol–water partition coefficient (Wildman–Crippen LogP) is 5.93. The molecule has 20 heavy (non-hydrogen) atoms. The summed E-state index contributed by atoms with van der Waals surface area (Å²) in [5.41, 5.74) is 5.01. The molecule has 2 rings (SSSR count). The van der Waals surface area contributed by atoms with Crippen molar-refractivity contribution in [3.8, 4) is 0 Å². The second-order valence-corrected chi connectivity index (χ2v) is 6.15. The molecule has 0 saturated carbocycles. The number of rotatable bonds is 3. The highest BCUT2D eigenvalue weighted by molar-refractivity contribution is 6.32. The second kappa shape index (κ2) is 6.15. The van der Waals surface area contributed by atoms with Gasteiger partial charge in [-0.3, -0.25) is 0 Å². The molecule has 0 nitrogen and oxygen atoms in total. The Labute approximate surface area is 129 Å². The average Bonchev–Trinajstić information content (AvgIpc) is 2.38. The third-order valence-electron chi connectivity index (χ3n) is 3.60. The summed E-state index contributed by atoms with van der Waals surface area (Å²) in [6.45, 7) is 5.88. The quantitative estimate of drug-likeness (QED) is 0.617. The van der Waals surface area contributed by atoms with Crippen LogP contribution in [0.1, 0.15) is 33.2 Å². The number of hydrogen-bond donors (Lipinski definition) is 0. The summed E-state index contributed by atoms with van der Waals surface area (Å²) in [7, 11) is 0. The van der Waals surface area contributed by atoms with Crippen LogP contribution in [0.25, 0.3) is 0 Å². The molecular formula is C17H17Cl2F. The largest absolute Gasteiger partial charge is 0.207 e. The van der Waals surface area contributed by atoms with Crippen molar-refractivity contribution >= 4 is 23.2 Å². The van der Waals surface area contributed by atoms with Gasteiger partial charge in [0.25, 0.3) is 0 Å². The molecule has 1 atom stereocenters. The highest BCUT2D eigenvalue weighted by Gasteiger charge is 2.15. The summed E-state index contributed by atoms with van der Waals surface area (Å²) in [6.07, 6.45) is 0.674. The van der Waals surface area contributed by atoms with E-state index in [4.69, 9.17) is 23.2 Å². The van der Waals surface area contributed by atoms with E-state index in [9.17, 15) is 4.39 Å². The number of halogens is 3. The van der Waals surface area contributed by atoms with E-state index in [0.717, 1.165) is 11.1 Å². The van der Waals surface area contributed by atoms with Crippen molar-refractivity contribution in [3.05, 3.63) is 69.0 Å². The van der Waals surface area contributed by atoms with E-state index in [0.29, 0.717) is 17.0 Å². The molecule has 0 saturated heterocycles. The van der Waals surface area contributed by atoms with Gasteiger partial charge in [-0.1, -0.05) is 35.9 Å². The molecule has 0 aliphatic heterocycles. The van der Waals surface area contributed by atoms with Crippen LogP contribution < -0.4 is 0 Å². The van der Waals surface area contributed by atoms with Gasteiger partial charge in [0.05, 0.1) is 5.38 Å². The number of benzene rings is 2. The van der Waals surface area contributed by atoms with E-state index in [2.05, 4.69) is 32.0 Å². The highest BCUT2D eigenvalue weighted by atomic mass is 35.5. The Balaban J connectivity index is 2.25. The summed E-state index contributed by atoms with van der Waals surface area (Å²) in [5.74, 6) is -0.297. The van der Waals surface area contributed by atoms with Gasteiger partial charge in [0, 0.05) is 5.02 Å². The molecule has 0 spiro atoms. The van der Waals surface area contributed by atoms with E-state index < -0.39 is 0 Å². The van der Waals surface area contributed by atoms with Crippen LogP contribution >= 0.6 is 23.2 Å². The first kappa shape index (κ1) is 15.3. The minimum absolute atomic E-state index is 0.260. The van der Waals surface area contributed by atoms with Crippen LogP contribution in [0.3, 0.4) is 0 Å². The lowest BCUT2D eigenvalue weighted by molar-refractivity contribution is 0.617. The summed E-state index contributed by atoms with van der Waals surface area (Å²) in [4.78, 5) is 0. The van der Waals surface area contributed by atoms with Crippen LogP contribution in [-0.4, -0.2) is 0 Å². The van der Waals surface area contributed by atoms with E-state index in [1.807, 2.05) is 0 Å². The molecule has 0 heterocycles. The Kier molecular flexibility index (Phi) is 4.72. The smallest absolute Gasteiger partial charge is 0.127 e. The van der Waals surface area contributed by atoms with Gasteiger partial charge in [-0.2, -0.15) is 0 Å². The molecule has 2 aromatic rings. The zero-order chi connectivity index (χ0) is 14.9. The van der Waals surface area contributed by atoms with Gasteiger partial charge in [0.2, 0.25) is 0 Å². The first-order chi connectivity index (χ1) is 9.38. The van der Waals surface area contributed by atoms with Crippen LogP contribution in [0.5, 0.6) is 0 Å². The van der Waals surface area contributed by atoms with Crippen LogP contribution in [0.15, 0.2) is 30.3 Å². The molecule has 0 bridgehead atoms. The normalized spacial score (nSPS) is 12.5. The average molecular weight is 311 g/mol. The molecule has 106 valence electrons. The Bertz CT molecular complexity index is 635. The molecule has 0 aliphatic carbocycles. The van der Waals surface area contributed by atoms with Gasteiger partial charge in [0.1, 0.15) is 5.82 Å². The second-order valence-electron chi connectivity index (χ2n) is 5.21. The monoisotopic (exact) mass is 310 g/mol. The molecule has 0 amide bonds. The van der Waals surface area contributed by atoms with E-state index in [1.54, 1.807) is 13.0 Å². The van der Waals surface area contributed by atoms with Crippen molar-refractivity contribution in [1.82, 2.24) is 0 Å². The van der Waals surface area contributed by atoms with Crippen molar-refractivity contribution in [3.63, 3.8) is 0 Å². The lowest BCUT2D eigenvalue weighted by Gasteiger charge is -2.14. The molecule has 0 fully saturated rings. The van der Waals surface area contributed by atoms with Crippen LogP contribution in [0.4, 0.5) is 4.39 Å². The SMILES string of the molecule is Cc1ccc(CC(Cl)c2cc(C)c(F)cc2Cl)cc1C. The highest BCUT2D eigenvalue weighted by Crippen LogP contribution is 2.32. The molecule has 0 aliphatic rings. The lowest BCUT2D eigenvalue weighted by Crippen LogP contribution is -1.99. The summed E-state index contributed by atoms with van der Waals surface area (Å²) >= 11 is 12.6. The molecule has 0 N–H and O–H groups in total. The fourth-order valence-electron chi connectivity index (χ4n) is 2.17. The Morgan fingerprint density at radius 1 is 1.00 bits per heavy atom. The van der Waals surface area contributed by atoms with Gasteiger partial charge >= 0.3 is 0 Å². The van der Waals surface area contributed by atoms with Crippen molar-refractivity contribution in [2.24, 2.45) is 0 Å². The molecule has 3 heteroatoms. The maximum atomic E-state index is 13.4. The van der Waals surface area contributed by atoms with Crippen molar-refractivity contribution < 1.29 is 4.39 Å². The minimum atomic E-state index is -0.297. The van der Waals surface area contributed by atoms with E-state index in [1.165, 1.54) is 17.2 Å². The fourth-order valence-corrected chi connectivity index (χ4v) is 2.86. The zero-order valence-corrected chi connectivity index (χ0v) is 13.3. The summed E-state index contributed by atoms with van der Waals surface area (Å²) < 4.78 is 13.4. The fraction of sp³-hybridized carbons (Fsp3) is 0.294. The molecular weight excluding hydrogens is 294 g/mol. The van der Waals surface area contributed by atoms with E-state index >= 15 is 0 Å². The van der Waals surface area contributed by atoms with Gasteiger partial charge in [-0.25, -0.2) is 4.39 Å². The number of aryl methyl sites for hydroxylation is 3. The van der Waals surface area contributed by atoms with Gasteiger partial charge < -0.3 is 0 Å². The maximum Gasteiger partial charge on any atom is 0.127 e. The Hall–Kier alpha value is -1.05. The van der Waals surface area contributed by atoms with Gasteiger partial charge in [-0.05, 0) is 61.1 Å². The molecule has 0 aromatic heterocycles. The van der Waals surface area contributed by atoms with Gasteiger partial charge in [-0.15, -0.1) is 11.6 Å². The van der Waals surface area contributed by atoms with Gasteiger partial charge in [0.15, 0.2) is 0 Å². The standard InChI is InChI=1S/C17H17Cl2F/c1-10-4-5-13(6-11(10)2)8-15(18)14-7-12(3)17(20)9-16(14)19/h4-7,9,15H,8H2,1-3H3. The predicted molar refractivity (Wildman–Crippen MR) is 84.4 cm³/mol. The van der Waals surface area contributed by atoms with Crippen molar-refractivity contribution in [1.29, 1.82) is 0 Å². The molecule has 1 unspecified atom stereocenters. The van der Waals surface area contributed by atoms with Crippen LogP contribution in [0, 0.1) is 26.6 Å². The first-order valence-electron chi connectivity index (χ1n) is 6.54. The van der Waals surface area contributed by atoms with Crippen molar-refractivity contribution in [2.45, 2.75) is 32.6 Å². The topological polar surface area (TPSA) is 0 Å². The van der Waals surface area contributed by atoms with E-state index in [-0.39, 0.29) is 11.2 Å². The summed E-state index contributed by atoms with van der Waals surface area (Å²) in [6, 6.07) is 9.36. The molecule has 2 aromatic carbocycles. The zero-order valence-electron chi connectivity index (χ0n) is 11.8. The van der Waals surface area contributed by atoms with Crippen LogP contribution in [0.2, 0.25) is 5.02 Å². The maximum absolute atomic E-state index is 13.4. The lowest BCUT2D eigenvalue weighted by atomic mass is 9.99. The third-order valence-corrected chi connectivity index (χ3v) is 4.32. The molecule has 0 radical (unpaired) electrons. The Morgan fingerprint density at radius 3 is 2.35 bits per heavy atom. The van der Waals surface area contributed by atoms with Crippen molar-refractivity contribution in [2.75, 3.05) is 0 Å². The number of alkyl halides is 1. The third kappa shape index (κ3) is 3.34. The number of hydrogen-bond acceptors (Lipinski definition) is 0.